The van der Waals surface area contributed by atoms with Gasteiger partial charge in [-0.05, 0) is 24.3 Å². The third-order valence-electron chi connectivity index (χ3n) is 2.36. The molecule has 0 bridgehead atoms. The zero-order chi connectivity index (χ0) is 11.8. The van der Waals surface area contributed by atoms with Gasteiger partial charge in [-0.15, -0.1) is 11.3 Å². The lowest BCUT2D eigenvalue weighted by Gasteiger charge is -1.99. The van der Waals surface area contributed by atoms with E-state index in [1.54, 1.807) is 12.3 Å². The molecule has 84 valence electrons. The van der Waals surface area contributed by atoms with Crippen molar-refractivity contribution < 1.29 is 4.42 Å². The van der Waals surface area contributed by atoms with Gasteiger partial charge in [0, 0.05) is 21.4 Å². The zero-order valence-electron chi connectivity index (χ0n) is 8.51. The summed E-state index contributed by atoms with van der Waals surface area (Å²) in [6, 6.07) is 7.33. The Morgan fingerprint density at radius 3 is 2.94 bits per heavy atom. The molecule has 17 heavy (non-hydrogen) atoms. The predicted octanol–water partition coefficient (Wildman–Crippen LogP) is 3.68. The Hall–Kier alpha value is -1.46. The van der Waals surface area contributed by atoms with Gasteiger partial charge in [0.25, 0.3) is 0 Å². The topological polar surface area (TPSA) is 43.1 Å². The third-order valence-corrected chi connectivity index (χ3v) is 3.66. The second kappa shape index (κ2) is 4.09. The number of fused-ring (bicyclic) bond motifs is 1. The monoisotopic (exact) mass is 307 g/mol. The van der Waals surface area contributed by atoms with Crippen molar-refractivity contribution in [2.45, 2.75) is 0 Å². The fraction of sp³-hybridized carbons (Fsp3) is 0. The van der Waals surface area contributed by atoms with Gasteiger partial charge in [-0.1, -0.05) is 15.9 Å². The van der Waals surface area contributed by atoms with Gasteiger partial charge in [0.15, 0.2) is 0 Å². The maximum atomic E-state index is 11.8. The van der Waals surface area contributed by atoms with Crippen molar-refractivity contribution in [3.05, 3.63) is 50.7 Å². The van der Waals surface area contributed by atoms with Crippen molar-refractivity contribution in [1.29, 1.82) is 0 Å². The highest BCUT2D eigenvalue weighted by molar-refractivity contribution is 9.10. The van der Waals surface area contributed by atoms with Gasteiger partial charge >= 0.3 is 5.63 Å². The van der Waals surface area contributed by atoms with E-state index < -0.39 is 0 Å². The van der Waals surface area contributed by atoms with Crippen LogP contribution in [0.4, 0.5) is 0 Å². The summed E-state index contributed by atoms with van der Waals surface area (Å²) in [5.74, 6) is 0. The van der Waals surface area contributed by atoms with Crippen LogP contribution >= 0.6 is 27.3 Å². The van der Waals surface area contributed by atoms with E-state index in [9.17, 15) is 4.79 Å². The summed E-state index contributed by atoms with van der Waals surface area (Å²) in [6.07, 6.45) is 1.67. The Bertz CT molecular complexity index is 734. The molecular formula is C12H6BrNO2S. The van der Waals surface area contributed by atoms with Crippen molar-refractivity contribution >= 4 is 38.2 Å². The van der Waals surface area contributed by atoms with Gasteiger partial charge in [0.2, 0.25) is 0 Å². The van der Waals surface area contributed by atoms with Gasteiger partial charge in [-0.25, -0.2) is 9.78 Å². The van der Waals surface area contributed by atoms with Crippen molar-refractivity contribution in [2.75, 3.05) is 0 Å². The average molecular weight is 308 g/mol. The molecule has 0 fully saturated rings. The van der Waals surface area contributed by atoms with E-state index in [1.165, 1.54) is 11.3 Å². The van der Waals surface area contributed by atoms with E-state index in [4.69, 9.17) is 4.42 Å². The number of hydrogen-bond acceptors (Lipinski definition) is 4. The molecule has 3 aromatic rings. The van der Waals surface area contributed by atoms with Crippen LogP contribution in [0.2, 0.25) is 0 Å². The van der Waals surface area contributed by atoms with Crippen molar-refractivity contribution in [2.24, 2.45) is 0 Å². The molecular weight excluding hydrogens is 302 g/mol. The summed E-state index contributed by atoms with van der Waals surface area (Å²) in [5, 5.41) is 3.39. The normalized spacial score (nSPS) is 10.9. The lowest BCUT2D eigenvalue weighted by Crippen LogP contribution is -2.02. The minimum atomic E-state index is -0.352. The van der Waals surface area contributed by atoms with E-state index in [2.05, 4.69) is 20.9 Å². The van der Waals surface area contributed by atoms with Gasteiger partial charge in [-0.2, -0.15) is 0 Å². The van der Waals surface area contributed by atoms with Crippen LogP contribution in [-0.4, -0.2) is 4.98 Å². The molecule has 3 rings (SSSR count). The lowest BCUT2D eigenvalue weighted by atomic mass is 10.2. The van der Waals surface area contributed by atoms with Crippen molar-refractivity contribution in [1.82, 2.24) is 4.98 Å². The van der Waals surface area contributed by atoms with Crippen LogP contribution in [0.15, 0.2) is 49.5 Å². The van der Waals surface area contributed by atoms with E-state index >= 15 is 0 Å². The van der Waals surface area contributed by atoms with Crippen LogP contribution in [0, 0.1) is 0 Å². The summed E-state index contributed by atoms with van der Waals surface area (Å²) in [5.41, 5.74) is 0.735. The van der Waals surface area contributed by atoms with E-state index in [0.29, 0.717) is 16.2 Å². The molecule has 1 aromatic carbocycles. The van der Waals surface area contributed by atoms with Gasteiger partial charge in [0.05, 0.1) is 5.56 Å². The number of aromatic nitrogens is 1. The molecule has 2 aromatic heterocycles. The molecule has 0 atom stereocenters. The standard InChI is InChI=1S/C12H6BrNO2S/c13-8-1-2-10-7(5-8)6-9(12(15)16-10)11-14-3-4-17-11/h1-6H. The maximum absolute atomic E-state index is 11.8. The van der Waals surface area contributed by atoms with Crippen LogP contribution in [0.25, 0.3) is 21.5 Å². The van der Waals surface area contributed by atoms with Gasteiger partial charge < -0.3 is 4.42 Å². The Morgan fingerprint density at radius 2 is 2.18 bits per heavy atom. The van der Waals surface area contributed by atoms with E-state index in [0.717, 1.165) is 9.86 Å². The van der Waals surface area contributed by atoms with Gasteiger partial charge in [0.1, 0.15) is 10.6 Å². The molecule has 0 aliphatic heterocycles. The highest BCUT2D eigenvalue weighted by Crippen LogP contribution is 2.24. The van der Waals surface area contributed by atoms with Crippen LogP contribution in [0.3, 0.4) is 0 Å². The first-order valence-corrected chi connectivity index (χ1v) is 6.54. The molecule has 0 aliphatic rings. The number of nitrogens with zero attached hydrogens (tertiary/aromatic N) is 1. The summed E-state index contributed by atoms with van der Waals surface area (Å²) in [7, 11) is 0. The summed E-state index contributed by atoms with van der Waals surface area (Å²) >= 11 is 4.81. The number of benzene rings is 1. The van der Waals surface area contributed by atoms with Crippen LogP contribution in [-0.2, 0) is 0 Å². The Kier molecular flexibility index (Phi) is 2.57. The van der Waals surface area contributed by atoms with E-state index in [-0.39, 0.29) is 5.63 Å². The van der Waals surface area contributed by atoms with Crippen molar-refractivity contribution in [3.8, 4) is 10.6 Å². The Morgan fingerprint density at radius 1 is 1.29 bits per heavy atom. The predicted molar refractivity (Wildman–Crippen MR) is 71.3 cm³/mol. The zero-order valence-corrected chi connectivity index (χ0v) is 10.9. The second-order valence-corrected chi connectivity index (χ2v) is 5.28. The van der Waals surface area contributed by atoms with Crippen LogP contribution in [0.5, 0.6) is 0 Å². The van der Waals surface area contributed by atoms with Crippen molar-refractivity contribution in [3.63, 3.8) is 0 Å². The Labute approximate surface area is 109 Å². The molecule has 0 N–H and O–H groups in total. The molecule has 3 nitrogen and oxygen atoms in total. The Balaban J connectivity index is 2.33. The summed E-state index contributed by atoms with van der Waals surface area (Å²) < 4.78 is 6.21. The third kappa shape index (κ3) is 1.92. The molecule has 0 saturated heterocycles. The SMILES string of the molecule is O=c1oc2ccc(Br)cc2cc1-c1nccs1. The quantitative estimate of drug-likeness (QED) is 0.644. The van der Waals surface area contributed by atoms with E-state index in [1.807, 2.05) is 23.6 Å². The second-order valence-electron chi connectivity index (χ2n) is 3.47. The molecule has 5 heteroatoms. The maximum Gasteiger partial charge on any atom is 0.346 e. The largest absolute Gasteiger partial charge is 0.422 e. The molecule has 0 aliphatic carbocycles. The van der Waals surface area contributed by atoms with Crippen LogP contribution in [0.1, 0.15) is 0 Å². The minimum Gasteiger partial charge on any atom is -0.422 e. The fourth-order valence-corrected chi connectivity index (χ4v) is 2.62. The smallest absolute Gasteiger partial charge is 0.346 e. The molecule has 0 radical (unpaired) electrons. The average Bonchev–Trinajstić information content (AvgIpc) is 2.82. The molecule has 2 heterocycles. The van der Waals surface area contributed by atoms with Gasteiger partial charge in [-0.3, -0.25) is 0 Å². The molecule has 0 amide bonds. The lowest BCUT2D eigenvalue weighted by molar-refractivity contribution is 0.563. The number of rotatable bonds is 1. The highest BCUT2D eigenvalue weighted by Gasteiger charge is 2.09. The fourth-order valence-electron chi connectivity index (χ4n) is 1.60. The first-order valence-electron chi connectivity index (χ1n) is 4.87. The summed E-state index contributed by atoms with van der Waals surface area (Å²) in [6.45, 7) is 0. The minimum absolute atomic E-state index is 0.352. The summed E-state index contributed by atoms with van der Waals surface area (Å²) in [4.78, 5) is 15.9. The molecule has 0 unspecified atom stereocenters. The number of halogens is 1. The first-order chi connectivity index (χ1) is 8.24. The molecule has 0 saturated carbocycles. The van der Waals surface area contributed by atoms with Crippen LogP contribution < -0.4 is 5.63 Å². The molecule has 0 spiro atoms. The number of thiazole rings is 1. The highest BCUT2D eigenvalue weighted by atomic mass is 79.9. The number of hydrogen-bond donors (Lipinski definition) is 0. The first kappa shape index (κ1) is 10.7.